The first-order valence-corrected chi connectivity index (χ1v) is 6.35. The van der Waals surface area contributed by atoms with Crippen LogP contribution in [0.2, 0.25) is 0 Å². The second kappa shape index (κ2) is 6.29. The molecule has 2 rings (SSSR count). The van der Waals surface area contributed by atoms with Crippen LogP contribution >= 0.6 is 0 Å². The van der Waals surface area contributed by atoms with E-state index in [2.05, 4.69) is 16.8 Å². The lowest BCUT2D eigenvalue weighted by Crippen LogP contribution is -2.23. The molecule has 0 radical (unpaired) electrons. The van der Waals surface area contributed by atoms with Crippen molar-refractivity contribution in [3.8, 4) is 0 Å². The molecule has 0 aliphatic heterocycles. The van der Waals surface area contributed by atoms with Crippen molar-refractivity contribution in [2.24, 2.45) is 0 Å². The zero-order chi connectivity index (χ0) is 13.7. The summed E-state index contributed by atoms with van der Waals surface area (Å²) in [6.45, 7) is 4.27. The fourth-order valence-corrected chi connectivity index (χ4v) is 1.95. The molecule has 1 aromatic heterocycles. The molecule has 0 spiro atoms. The number of aromatic nitrogens is 1. The van der Waals surface area contributed by atoms with Crippen molar-refractivity contribution >= 4 is 5.69 Å². The Labute approximate surface area is 112 Å². The van der Waals surface area contributed by atoms with Gasteiger partial charge in [-0.1, -0.05) is 13.0 Å². The van der Waals surface area contributed by atoms with E-state index in [1.807, 2.05) is 18.2 Å². The van der Waals surface area contributed by atoms with Gasteiger partial charge in [-0.15, -0.1) is 0 Å². The Kier molecular flexibility index (Phi) is 4.47. The minimum Gasteiger partial charge on any atom is -0.398 e. The maximum absolute atomic E-state index is 13.2. The van der Waals surface area contributed by atoms with Crippen LogP contribution in [0.3, 0.4) is 0 Å². The number of nitrogen functional groups attached to an aromatic ring is 1. The highest BCUT2D eigenvalue weighted by atomic mass is 19.1. The lowest BCUT2D eigenvalue weighted by molar-refractivity contribution is 0.268. The number of nitrogens with zero attached hydrogens (tertiary/aromatic N) is 2. The summed E-state index contributed by atoms with van der Waals surface area (Å²) in [5, 5.41) is 0. The quantitative estimate of drug-likeness (QED) is 0.840. The standard InChI is InChI=1S/C15H18FN3/c1-2-19(11-14-5-3-4-8-18-14)10-12-9-13(16)6-7-15(12)17/h3-9H,2,10-11,17H2,1H3. The Balaban J connectivity index is 2.09. The van der Waals surface area contributed by atoms with Gasteiger partial charge in [0.25, 0.3) is 0 Å². The van der Waals surface area contributed by atoms with Crippen molar-refractivity contribution in [2.45, 2.75) is 20.0 Å². The van der Waals surface area contributed by atoms with Crippen molar-refractivity contribution in [3.05, 3.63) is 59.7 Å². The summed E-state index contributed by atoms with van der Waals surface area (Å²) in [6.07, 6.45) is 1.78. The summed E-state index contributed by atoms with van der Waals surface area (Å²) in [5.74, 6) is -0.252. The average molecular weight is 259 g/mol. The van der Waals surface area contributed by atoms with Crippen LogP contribution in [0.15, 0.2) is 42.6 Å². The van der Waals surface area contributed by atoms with Gasteiger partial charge in [-0.25, -0.2) is 4.39 Å². The molecule has 3 nitrogen and oxygen atoms in total. The zero-order valence-electron chi connectivity index (χ0n) is 11.0. The molecule has 19 heavy (non-hydrogen) atoms. The lowest BCUT2D eigenvalue weighted by Gasteiger charge is -2.21. The van der Waals surface area contributed by atoms with Crippen LogP contribution < -0.4 is 5.73 Å². The van der Waals surface area contributed by atoms with Gasteiger partial charge in [-0.2, -0.15) is 0 Å². The summed E-state index contributed by atoms with van der Waals surface area (Å²) in [5.41, 5.74) is 8.32. The highest BCUT2D eigenvalue weighted by Gasteiger charge is 2.08. The minimum atomic E-state index is -0.252. The lowest BCUT2D eigenvalue weighted by atomic mass is 10.1. The molecule has 1 aromatic carbocycles. The number of hydrogen-bond donors (Lipinski definition) is 1. The third kappa shape index (κ3) is 3.76. The number of halogens is 1. The van der Waals surface area contributed by atoms with Crippen LogP contribution in [0.4, 0.5) is 10.1 Å². The Morgan fingerprint density at radius 2 is 2.05 bits per heavy atom. The van der Waals surface area contributed by atoms with E-state index in [4.69, 9.17) is 5.73 Å². The molecule has 100 valence electrons. The molecule has 4 heteroatoms. The maximum Gasteiger partial charge on any atom is 0.123 e. The molecule has 0 aliphatic rings. The molecule has 0 fully saturated rings. The van der Waals surface area contributed by atoms with Crippen LogP contribution in [0, 0.1) is 5.82 Å². The van der Waals surface area contributed by atoms with E-state index >= 15 is 0 Å². The Morgan fingerprint density at radius 3 is 2.74 bits per heavy atom. The molecule has 2 N–H and O–H groups in total. The number of pyridine rings is 1. The summed E-state index contributed by atoms with van der Waals surface area (Å²) in [7, 11) is 0. The van der Waals surface area contributed by atoms with Crippen molar-refractivity contribution in [3.63, 3.8) is 0 Å². The van der Waals surface area contributed by atoms with Gasteiger partial charge in [0.05, 0.1) is 5.69 Å². The third-order valence-electron chi connectivity index (χ3n) is 3.06. The Bertz CT molecular complexity index is 528. The van der Waals surface area contributed by atoms with Crippen molar-refractivity contribution in [2.75, 3.05) is 12.3 Å². The molecule has 0 saturated heterocycles. The summed E-state index contributed by atoms with van der Waals surface area (Å²) in [6, 6.07) is 10.3. The van der Waals surface area contributed by atoms with Crippen LogP contribution in [0.5, 0.6) is 0 Å². The molecule has 0 aliphatic carbocycles. The largest absolute Gasteiger partial charge is 0.398 e. The van der Waals surface area contributed by atoms with E-state index in [1.165, 1.54) is 12.1 Å². The van der Waals surface area contributed by atoms with Crippen molar-refractivity contribution in [1.29, 1.82) is 0 Å². The van der Waals surface area contributed by atoms with Gasteiger partial charge < -0.3 is 5.73 Å². The van der Waals surface area contributed by atoms with Gasteiger partial charge in [0.2, 0.25) is 0 Å². The second-order valence-corrected chi connectivity index (χ2v) is 4.47. The first-order valence-electron chi connectivity index (χ1n) is 6.35. The van der Waals surface area contributed by atoms with Gasteiger partial charge in [-0.05, 0) is 42.4 Å². The predicted octanol–water partition coefficient (Wildman–Crippen LogP) is 2.83. The van der Waals surface area contributed by atoms with Gasteiger partial charge >= 0.3 is 0 Å². The predicted molar refractivity (Wildman–Crippen MR) is 74.8 cm³/mol. The highest BCUT2D eigenvalue weighted by molar-refractivity contribution is 5.46. The van der Waals surface area contributed by atoms with Crippen molar-refractivity contribution in [1.82, 2.24) is 9.88 Å². The Morgan fingerprint density at radius 1 is 1.21 bits per heavy atom. The molecule has 1 heterocycles. The van der Waals surface area contributed by atoms with Crippen molar-refractivity contribution < 1.29 is 4.39 Å². The molecule has 0 atom stereocenters. The summed E-state index contributed by atoms with van der Waals surface area (Å²) >= 11 is 0. The van der Waals surface area contributed by atoms with Crippen LogP contribution in [0.25, 0.3) is 0 Å². The SMILES string of the molecule is CCN(Cc1ccccn1)Cc1cc(F)ccc1N. The number of rotatable bonds is 5. The number of benzene rings is 1. The van der Waals surface area contributed by atoms with E-state index in [1.54, 1.807) is 12.3 Å². The molecule has 0 saturated carbocycles. The number of hydrogen-bond acceptors (Lipinski definition) is 3. The second-order valence-electron chi connectivity index (χ2n) is 4.47. The van der Waals surface area contributed by atoms with Gasteiger partial charge in [0.15, 0.2) is 0 Å². The van der Waals surface area contributed by atoms with Crippen LogP contribution in [-0.2, 0) is 13.1 Å². The normalized spacial score (nSPS) is 10.9. The first kappa shape index (κ1) is 13.5. The molecule has 2 aromatic rings. The van der Waals surface area contributed by atoms with Gasteiger partial charge in [-0.3, -0.25) is 9.88 Å². The third-order valence-corrected chi connectivity index (χ3v) is 3.06. The first-order chi connectivity index (χ1) is 9.19. The topological polar surface area (TPSA) is 42.2 Å². The molecular weight excluding hydrogens is 241 g/mol. The average Bonchev–Trinajstić information content (AvgIpc) is 2.43. The zero-order valence-corrected chi connectivity index (χ0v) is 11.0. The van der Waals surface area contributed by atoms with E-state index in [0.29, 0.717) is 12.2 Å². The number of nitrogens with two attached hydrogens (primary N) is 1. The van der Waals surface area contributed by atoms with Gasteiger partial charge in [0, 0.05) is 25.0 Å². The fraction of sp³-hybridized carbons (Fsp3) is 0.267. The van der Waals surface area contributed by atoms with Crippen LogP contribution in [0.1, 0.15) is 18.2 Å². The number of anilines is 1. The Hall–Kier alpha value is -1.94. The van der Waals surface area contributed by atoms with E-state index in [-0.39, 0.29) is 5.82 Å². The fourth-order valence-electron chi connectivity index (χ4n) is 1.95. The molecule has 0 bridgehead atoms. The van der Waals surface area contributed by atoms with Gasteiger partial charge in [0.1, 0.15) is 5.82 Å². The van der Waals surface area contributed by atoms with Crippen LogP contribution in [-0.4, -0.2) is 16.4 Å². The smallest absolute Gasteiger partial charge is 0.123 e. The van der Waals surface area contributed by atoms with E-state index in [0.717, 1.165) is 24.3 Å². The maximum atomic E-state index is 13.2. The van der Waals surface area contributed by atoms with E-state index in [9.17, 15) is 4.39 Å². The molecule has 0 amide bonds. The highest BCUT2D eigenvalue weighted by Crippen LogP contribution is 2.16. The minimum absolute atomic E-state index is 0.252. The molecular formula is C15H18FN3. The van der Waals surface area contributed by atoms with E-state index < -0.39 is 0 Å². The summed E-state index contributed by atoms with van der Waals surface area (Å²) in [4.78, 5) is 6.48. The monoisotopic (exact) mass is 259 g/mol. The molecule has 0 unspecified atom stereocenters. The summed E-state index contributed by atoms with van der Waals surface area (Å²) < 4.78 is 13.2.